The molecule has 0 aliphatic heterocycles. The van der Waals surface area contributed by atoms with Gasteiger partial charge in [0.25, 0.3) is 5.91 Å². The van der Waals surface area contributed by atoms with Crippen molar-refractivity contribution >= 4 is 11.6 Å². The van der Waals surface area contributed by atoms with E-state index in [1.54, 1.807) is 6.07 Å². The fraction of sp³-hybridized carbons (Fsp3) is 0.316. The van der Waals surface area contributed by atoms with Gasteiger partial charge in [-0.2, -0.15) is 0 Å². The second-order valence-electron chi connectivity index (χ2n) is 5.79. The number of benzene rings is 2. The molecule has 0 aliphatic carbocycles. The van der Waals surface area contributed by atoms with E-state index in [-0.39, 0.29) is 17.5 Å². The first-order valence-corrected chi connectivity index (χ1v) is 8.05. The molecule has 0 saturated carbocycles. The number of rotatable bonds is 7. The van der Waals surface area contributed by atoms with Crippen LogP contribution in [0.5, 0.6) is 5.75 Å². The Morgan fingerprint density at radius 3 is 2.62 bits per heavy atom. The Morgan fingerprint density at radius 2 is 2.00 bits per heavy atom. The molecule has 0 aromatic heterocycles. The van der Waals surface area contributed by atoms with E-state index in [1.165, 1.54) is 13.2 Å². The Labute approximate surface area is 142 Å². The zero-order valence-electron chi connectivity index (χ0n) is 14.4. The topological polar surface area (TPSA) is 42.8 Å². The molecule has 0 spiro atoms. The van der Waals surface area contributed by atoms with Crippen molar-refractivity contribution in [2.45, 2.75) is 20.4 Å². The standard InChI is InChI=1S/C19H23FN2O2/c1-4-22(12-15-9-10-18(24-3)16(20)11-15)13-19(23)21-17-8-6-5-7-14(17)2/h5-11H,4,12-13H2,1-3H3,(H,21,23)/p+1. The summed E-state index contributed by atoms with van der Waals surface area (Å²) in [6.07, 6.45) is 0. The molecule has 1 amide bonds. The number of anilines is 1. The highest BCUT2D eigenvalue weighted by molar-refractivity contribution is 5.92. The van der Waals surface area contributed by atoms with Gasteiger partial charge in [0.15, 0.2) is 18.1 Å². The van der Waals surface area contributed by atoms with Gasteiger partial charge in [0, 0.05) is 11.3 Å². The molecule has 128 valence electrons. The summed E-state index contributed by atoms with van der Waals surface area (Å²) in [6.45, 7) is 5.66. The quantitative estimate of drug-likeness (QED) is 0.817. The van der Waals surface area contributed by atoms with Crippen LogP contribution in [0.15, 0.2) is 42.5 Å². The predicted molar refractivity (Wildman–Crippen MR) is 92.8 cm³/mol. The Kier molecular flexibility index (Phi) is 6.32. The largest absolute Gasteiger partial charge is 0.494 e. The summed E-state index contributed by atoms with van der Waals surface area (Å²) in [7, 11) is 1.44. The molecule has 0 aliphatic rings. The molecule has 4 nitrogen and oxygen atoms in total. The lowest BCUT2D eigenvalue weighted by atomic mass is 10.2. The van der Waals surface area contributed by atoms with Crippen LogP contribution in [0.25, 0.3) is 0 Å². The molecule has 0 bridgehead atoms. The van der Waals surface area contributed by atoms with E-state index in [2.05, 4.69) is 5.32 Å². The van der Waals surface area contributed by atoms with E-state index < -0.39 is 0 Å². The van der Waals surface area contributed by atoms with Crippen LogP contribution in [0.3, 0.4) is 0 Å². The first-order valence-electron chi connectivity index (χ1n) is 8.05. The fourth-order valence-corrected chi connectivity index (χ4v) is 2.56. The maximum Gasteiger partial charge on any atom is 0.279 e. The maximum atomic E-state index is 13.8. The number of quaternary nitrogens is 1. The molecule has 2 rings (SSSR count). The number of hydrogen-bond acceptors (Lipinski definition) is 2. The van der Waals surface area contributed by atoms with E-state index in [0.29, 0.717) is 13.1 Å². The molecule has 1 atom stereocenters. The van der Waals surface area contributed by atoms with Crippen LogP contribution in [0, 0.1) is 12.7 Å². The van der Waals surface area contributed by atoms with Gasteiger partial charge in [-0.1, -0.05) is 18.2 Å². The van der Waals surface area contributed by atoms with Gasteiger partial charge in [-0.05, 0) is 43.7 Å². The van der Waals surface area contributed by atoms with Crippen LogP contribution in [-0.2, 0) is 11.3 Å². The number of para-hydroxylation sites is 1. The number of halogens is 1. The summed E-state index contributed by atoms with van der Waals surface area (Å²) in [5.41, 5.74) is 2.70. The van der Waals surface area contributed by atoms with E-state index in [1.807, 2.05) is 44.2 Å². The molecule has 2 aromatic carbocycles. The first kappa shape index (κ1) is 17.9. The lowest BCUT2D eigenvalue weighted by Gasteiger charge is -2.18. The van der Waals surface area contributed by atoms with Crippen molar-refractivity contribution < 1.29 is 18.8 Å². The summed E-state index contributed by atoms with van der Waals surface area (Å²) >= 11 is 0. The molecular weight excluding hydrogens is 307 g/mol. The minimum absolute atomic E-state index is 0.0462. The number of likely N-dealkylation sites (N-methyl/N-ethyl adjacent to an activating group) is 1. The summed E-state index contributed by atoms with van der Waals surface area (Å²) < 4.78 is 18.7. The van der Waals surface area contributed by atoms with E-state index in [9.17, 15) is 9.18 Å². The minimum atomic E-state index is -0.380. The summed E-state index contributed by atoms with van der Waals surface area (Å²) in [5, 5.41) is 2.94. The number of aryl methyl sites for hydroxylation is 1. The van der Waals surface area contributed by atoms with Gasteiger partial charge < -0.3 is 15.0 Å². The van der Waals surface area contributed by atoms with Crippen molar-refractivity contribution in [1.82, 2.24) is 0 Å². The third-order valence-electron chi connectivity index (χ3n) is 4.00. The number of nitrogens with one attached hydrogen (secondary N) is 2. The minimum Gasteiger partial charge on any atom is -0.494 e. The molecule has 1 unspecified atom stereocenters. The molecule has 2 aromatic rings. The van der Waals surface area contributed by atoms with Crippen LogP contribution in [0.4, 0.5) is 10.1 Å². The molecular formula is C19H24FN2O2+. The molecule has 0 fully saturated rings. The Balaban J connectivity index is 1.97. The number of methoxy groups -OCH3 is 1. The van der Waals surface area contributed by atoms with Gasteiger partial charge in [-0.15, -0.1) is 0 Å². The third-order valence-corrected chi connectivity index (χ3v) is 4.00. The van der Waals surface area contributed by atoms with E-state index in [0.717, 1.165) is 28.3 Å². The van der Waals surface area contributed by atoms with E-state index in [4.69, 9.17) is 4.74 Å². The Hall–Kier alpha value is -2.40. The predicted octanol–water partition coefficient (Wildman–Crippen LogP) is 2.19. The molecule has 5 heteroatoms. The van der Waals surface area contributed by atoms with Gasteiger partial charge in [0.2, 0.25) is 0 Å². The van der Waals surface area contributed by atoms with Gasteiger partial charge in [-0.25, -0.2) is 4.39 Å². The van der Waals surface area contributed by atoms with Crippen molar-refractivity contribution in [3.8, 4) is 5.75 Å². The Morgan fingerprint density at radius 1 is 1.25 bits per heavy atom. The van der Waals surface area contributed by atoms with Gasteiger partial charge in [0.05, 0.1) is 13.7 Å². The average Bonchev–Trinajstić information content (AvgIpc) is 2.56. The molecule has 24 heavy (non-hydrogen) atoms. The average molecular weight is 331 g/mol. The summed E-state index contributed by atoms with van der Waals surface area (Å²) in [6, 6.07) is 12.6. The van der Waals surface area contributed by atoms with Gasteiger partial charge in [0.1, 0.15) is 6.54 Å². The molecule has 2 N–H and O–H groups in total. The molecule has 0 saturated heterocycles. The number of carbonyl (C=O) groups excluding carboxylic acids is 1. The highest BCUT2D eigenvalue weighted by Crippen LogP contribution is 2.17. The summed E-state index contributed by atoms with van der Waals surface area (Å²) in [4.78, 5) is 13.3. The SMILES string of the molecule is CC[NH+](CC(=O)Nc1ccccc1C)Cc1ccc(OC)c(F)c1. The maximum absolute atomic E-state index is 13.8. The smallest absolute Gasteiger partial charge is 0.279 e. The van der Waals surface area contributed by atoms with Crippen molar-refractivity contribution in [1.29, 1.82) is 0 Å². The highest BCUT2D eigenvalue weighted by Gasteiger charge is 2.15. The molecule has 0 heterocycles. The fourth-order valence-electron chi connectivity index (χ4n) is 2.56. The van der Waals surface area contributed by atoms with Crippen molar-refractivity contribution in [2.24, 2.45) is 0 Å². The van der Waals surface area contributed by atoms with Gasteiger partial charge in [-0.3, -0.25) is 4.79 Å². The third kappa shape index (κ3) is 4.80. The van der Waals surface area contributed by atoms with Crippen molar-refractivity contribution in [3.63, 3.8) is 0 Å². The van der Waals surface area contributed by atoms with Gasteiger partial charge >= 0.3 is 0 Å². The lowest BCUT2D eigenvalue weighted by molar-refractivity contribution is -0.903. The number of hydrogen-bond donors (Lipinski definition) is 2. The second kappa shape index (κ2) is 8.45. The second-order valence-corrected chi connectivity index (χ2v) is 5.79. The van der Waals surface area contributed by atoms with Crippen LogP contribution in [0.2, 0.25) is 0 Å². The lowest BCUT2D eigenvalue weighted by Crippen LogP contribution is -3.11. The van der Waals surface area contributed by atoms with Crippen LogP contribution in [-0.4, -0.2) is 26.1 Å². The number of amides is 1. The number of ether oxygens (including phenoxy) is 1. The molecule has 0 radical (unpaired) electrons. The first-order chi connectivity index (χ1) is 11.5. The summed E-state index contributed by atoms with van der Waals surface area (Å²) in [5.74, 6) is -0.195. The van der Waals surface area contributed by atoms with Crippen molar-refractivity contribution in [2.75, 3.05) is 25.5 Å². The monoisotopic (exact) mass is 331 g/mol. The van der Waals surface area contributed by atoms with Crippen LogP contribution < -0.4 is 15.0 Å². The zero-order valence-corrected chi connectivity index (χ0v) is 14.4. The normalized spacial score (nSPS) is 11.8. The van der Waals surface area contributed by atoms with Crippen LogP contribution >= 0.6 is 0 Å². The number of carbonyl (C=O) groups is 1. The van der Waals surface area contributed by atoms with Crippen LogP contribution in [0.1, 0.15) is 18.1 Å². The highest BCUT2D eigenvalue weighted by atomic mass is 19.1. The zero-order chi connectivity index (χ0) is 17.5. The Bertz CT molecular complexity index is 704. The van der Waals surface area contributed by atoms with E-state index >= 15 is 0 Å². The van der Waals surface area contributed by atoms with Crippen molar-refractivity contribution in [3.05, 3.63) is 59.4 Å².